The Morgan fingerprint density at radius 1 is 0.643 bits per heavy atom. The van der Waals surface area contributed by atoms with E-state index in [1.807, 2.05) is 78.9 Å². The lowest BCUT2D eigenvalue weighted by Gasteiger charge is -2.12. The molecule has 3 aromatic carbocycles. The lowest BCUT2D eigenvalue weighted by atomic mass is 10.1. The van der Waals surface area contributed by atoms with Crippen LogP contribution in [0.25, 0.3) is 12.2 Å². The van der Waals surface area contributed by atoms with Crippen LogP contribution in [0.4, 0.5) is 0 Å². The Hall–Kier alpha value is -3.46. The number of ether oxygens (including phenoxy) is 3. The lowest BCUT2D eigenvalue weighted by Crippen LogP contribution is -1.99. The minimum absolute atomic E-state index is 0.465. The van der Waals surface area contributed by atoms with E-state index in [1.54, 1.807) is 7.11 Å². The molecule has 0 saturated carbocycles. The predicted octanol–water partition coefficient (Wildman–Crippen LogP) is 6.14. The molecule has 142 valence electrons. The Balaban J connectivity index is 1.66. The van der Waals surface area contributed by atoms with Crippen molar-refractivity contribution in [2.24, 2.45) is 0 Å². The molecule has 0 N–H and O–H groups in total. The third-order valence-electron chi connectivity index (χ3n) is 4.33. The van der Waals surface area contributed by atoms with Crippen molar-refractivity contribution >= 4 is 12.2 Å². The Labute approximate surface area is 166 Å². The summed E-state index contributed by atoms with van der Waals surface area (Å²) < 4.78 is 17.2. The maximum atomic E-state index is 5.93. The van der Waals surface area contributed by atoms with Crippen LogP contribution in [-0.4, -0.2) is 7.11 Å². The zero-order valence-corrected chi connectivity index (χ0v) is 16.1. The van der Waals surface area contributed by atoms with E-state index in [0.29, 0.717) is 30.5 Å². The SMILES string of the molecule is C=Cc1ccc(COc2cc(OC)cc(OCc3ccc(C=C)cc3)c2)cc1. The normalized spacial score (nSPS) is 10.2. The molecule has 0 aliphatic rings. The number of rotatable bonds is 9. The molecule has 0 aliphatic carbocycles. The summed E-state index contributed by atoms with van der Waals surface area (Å²) in [7, 11) is 1.63. The Bertz CT molecular complexity index is 851. The summed E-state index contributed by atoms with van der Waals surface area (Å²) in [6, 6.07) is 21.8. The van der Waals surface area contributed by atoms with Gasteiger partial charge >= 0.3 is 0 Å². The van der Waals surface area contributed by atoms with Gasteiger partial charge in [-0.05, 0) is 22.3 Å². The molecule has 28 heavy (non-hydrogen) atoms. The third-order valence-corrected chi connectivity index (χ3v) is 4.33. The minimum atomic E-state index is 0.465. The van der Waals surface area contributed by atoms with E-state index >= 15 is 0 Å². The molecule has 0 radical (unpaired) electrons. The van der Waals surface area contributed by atoms with Gasteiger partial charge in [-0.15, -0.1) is 0 Å². The maximum absolute atomic E-state index is 5.93. The van der Waals surface area contributed by atoms with Gasteiger partial charge in [0.15, 0.2) is 0 Å². The highest BCUT2D eigenvalue weighted by molar-refractivity contribution is 5.48. The number of methoxy groups -OCH3 is 1. The highest BCUT2D eigenvalue weighted by atomic mass is 16.5. The van der Waals surface area contributed by atoms with E-state index in [0.717, 1.165) is 22.3 Å². The number of benzene rings is 3. The Kier molecular flexibility index (Phi) is 6.53. The smallest absolute Gasteiger partial charge is 0.127 e. The van der Waals surface area contributed by atoms with Crippen LogP contribution in [0.2, 0.25) is 0 Å². The minimum Gasteiger partial charge on any atom is -0.496 e. The molecule has 0 bridgehead atoms. The van der Waals surface area contributed by atoms with Crippen molar-refractivity contribution in [1.82, 2.24) is 0 Å². The second-order valence-corrected chi connectivity index (χ2v) is 6.31. The van der Waals surface area contributed by atoms with Gasteiger partial charge in [0.2, 0.25) is 0 Å². The monoisotopic (exact) mass is 372 g/mol. The summed E-state index contributed by atoms with van der Waals surface area (Å²) in [5.74, 6) is 2.09. The first-order valence-electron chi connectivity index (χ1n) is 9.07. The van der Waals surface area contributed by atoms with Crippen LogP contribution in [0.15, 0.2) is 79.9 Å². The van der Waals surface area contributed by atoms with Crippen molar-refractivity contribution in [1.29, 1.82) is 0 Å². The van der Waals surface area contributed by atoms with Crippen molar-refractivity contribution in [3.63, 3.8) is 0 Å². The Morgan fingerprint density at radius 3 is 1.39 bits per heavy atom. The van der Waals surface area contributed by atoms with Crippen molar-refractivity contribution in [3.05, 3.63) is 102 Å². The molecular weight excluding hydrogens is 348 g/mol. The second kappa shape index (κ2) is 9.47. The molecule has 0 spiro atoms. The van der Waals surface area contributed by atoms with E-state index in [1.165, 1.54) is 0 Å². The van der Waals surface area contributed by atoms with Gasteiger partial charge in [0.25, 0.3) is 0 Å². The van der Waals surface area contributed by atoms with E-state index < -0.39 is 0 Å². The van der Waals surface area contributed by atoms with Gasteiger partial charge in [-0.25, -0.2) is 0 Å². The van der Waals surface area contributed by atoms with Crippen molar-refractivity contribution < 1.29 is 14.2 Å². The summed E-state index contributed by atoms with van der Waals surface area (Å²) in [5.41, 5.74) is 4.33. The standard InChI is InChI=1S/C25H24O3/c1-4-19-6-10-21(11-7-19)17-27-24-14-23(26-3)15-25(16-24)28-18-22-12-8-20(5-2)9-13-22/h4-16H,1-2,17-18H2,3H3. The average molecular weight is 372 g/mol. The fourth-order valence-electron chi connectivity index (χ4n) is 2.66. The van der Waals surface area contributed by atoms with Crippen molar-refractivity contribution in [2.45, 2.75) is 13.2 Å². The molecule has 3 nitrogen and oxygen atoms in total. The van der Waals surface area contributed by atoms with Crippen LogP contribution in [0.3, 0.4) is 0 Å². The fourth-order valence-corrected chi connectivity index (χ4v) is 2.66. The average Bonchev–Trinajstić information content (AvgIpc) is 2.76. The van der Waals surface area contributed by atoms with Gasteiger partial charge in [0, 0.05) is 18.2 Å². The third kappa shape index (κ3) is 5.27. The molecule has 0 amide bonds. The maximum Gasteiger partial charge on any atom is 0.127 e. The molecule has 3 heteroatoms. The molecule has 3 aromatic rings. The topological polar surface area (TPSA) is 27.7 Å². The molecule has 0 aromatic heterocycles. The van der Waals surface area contributed by atoms with E-state index in [9.17, 15) is 0 Å². The molecule has 0 unspecified atom stereocenters. The quantitative estimate of drug-likeness (QED) is 0.451. The van der Waals surface area contributed by atoms with Crippen LogP contribution in [0.5, 0.6) is 17.2 Å². The molecule has 0 heterocycles. The van der Waals surface area contributed by atoms with E-state index in [2.05, 4.69) is 13.2 Å². The number of hydrogen-bond acceptors (Lipinski definition) is 3. The molecule has 0 fully saturated rings. The van der Waals surface area contributed by atoms with Gasteiger partial charge in [-0.3, -0.25) is 0 Å². The molecule has 0 aliphatic heterocycles. The highest BCUT2D eigenvalue weighted by Gasteiger charge is 2.05. The summed E-state index contributed by atoms with van der Waals surface area (Å²) in [5, 5.41) is 0. The van der Waals surface area contributed by atoms with Crippen LogP contribution >= 0.6 is 0 Å². The van der Waals surface area contributed by atoms with Gasteiger partial charge in [-0.2, -0.15) is 0 Å². The second-order valence-electron chi connectivity index (χ2n) is 6.31. The highest BCUT2D eigenvalue weighted by Crippen LogP contribution is 2.29. The fraction of sp³-hybridized carbons (Fsp3) is 0.120. The summed E-state index contributed by atoms with van der Waals surface area (Å²) in [6.45, 7) is 8.47. The van der Waals surface area contributed by atoms with Gasteiger partial charge in [0.1, 0.15) is 30.5 Å². The van der Waals surface area contributed by atoms with Crippen LogP contribution in [0.1, 0.15) is 22.3 Å². The molecular formula is C25H24O3. The van der Waals surface area contributed by atoms with Gasteiger partial charge < -0.3 is 14.2 Å². The lowest BCUT2D eigenvalue weighted by molar-refractivity contribution is 0.286. The summed E-state index contributed by atoms with van der Waals surface area (Å²) >= 11 is 0. The number of hydrogen-bond donors (Lipinski definition) is 0. The predicted molar refractivity (Wildman–Crippen MR) is 115 cm³/mol. The zero-order valence-electron chi connectivity index (χ0n) is 16.1. The Morgan fingerprint density at radius 2 is 1.04 bits per heavy atom. The molecule has 0 atom stereocenters. The van der Waals surface area contributed by atoms with Crippen molar-refractivity contribution in [3.8, 4) is 17.2 Å². The summed E-state index contributed by atoms with van der Waals surface area (Å²) in [6.07, 6.45) is 3.64. The van der Waals surface area contributed by atoms with Gasteiger partial charge in [-0.1, -0.05) is 73.8 Å². The largest absolute Gasteiger partial charge is 0.496 e. The van der Waals surface area contributed by atoms with E-state index in [-0.39, 0.29) is 0 Å². The first-order chi connectivity index (χ1) is 13.7. The zero-order chi connectivity index (χ0) is 19.8. The molecule has 3 rings (SSSR count). The van der Waals surface area contributed by atoms with Crippen LogP contribution in [-0.2, 0) is 13.2 Å². The van der Waals surface area contributed by atoms with Crippen LogP contribution < -0.4 is 14.2 Å². The molecule has 0 saturated heterocycles. The van der Waals surface area contributed by atoms with Gasteiger partial charge in [0.05, 0.1) is 7.11 Å². The summed E-state index contributed by atoms with van der Waals surface area (Å²) in [4.78, 5) is 0. The van der Waals surface area contributed by atoms with Crippen LogP contribution in [0, 0.1) is 0 Å². The first kappa shape index (κ1) is 19.3. The van der Waals surface area contributed by atoms with Crippen molar-refractivity contribution in [2.75, 3.05) is 7.11 Å². The first-order valence-corrected chi connectivity index (χ1v) is 9.07. The van der Waals surface area contributed by atoms with E-state index in [4.69, 9.17) is 14.2 Å².